The van der Waals surface area contributed by atoms with Crippen molar-refractivity contribution in [2.24, 2.45) is 11.7 Å². The number of anilines is 1. The van der Waals surface area contributed by atoms with Gasteiger partial charge in [-0.05, 0) is 43.7 Å². The van der Waals surface area contributed by atoms with Crippen LogP contribution in [0.1, 0.15) is 25.7 Å². The molecule has 6 heteroatoms. The second kappa shape index (κ2) is 8.38. The zero-order valence-electron chi connectivity index (χ0n) is 16.8. The lowest BCUT2D eigenvalue weighted by atomic mass is 9.94. The summed E-state index contributed by atoms with van der Waals surface area (Å²) in [6.45, 7) is 5.63. The van der Waals surface area contributed by atoms with Crippen LogP contribution in [-0.2, 0) is 0 Å². The Labute approximate surface area is 176 Å². The molecule has 3 aromatic rings. The summed E-state index contributed by atoms with van der Waals surface area (Å²) in [4.78, 5) is 15.4. The first-order chi connectivity index (χ1) is 14.3. The molecule has 2 aromatic heterocycles. The molecule has 2 fully saturated rings. The van der Waals surface area contributed by atoms with E-state index in [1.165, 1.54) is 55.3 Å². The van der Waals surface area contributed by atoms with Gasteiger partial charge in [-0.25, -0.2) is 9.97 Å². The highest BCUT2D eigenvalue weighted by Gasteiger charge is 2.26. The highest BCUT2D eigenvalue weighted by atomic mass is 32.1. The van der Waals surface area contributed by atoms with Gasteiger partial charge in [0.15, 0.2) is 0 Å². The maximum Gasteiger partial charge on any atom is 0.141 e. The third kappa shape index (κ3) is 4.02. The standard InChI is InChI=1S/C23H29N5S/c24-19-7-4-10-27(14-19)13-17-8-11-28(12-9-17)22-21-20(18-5-2-1-3-6-18)15-29-23(21)26-16-25-22/h1-3,5-6,15-17,19H,4,7-14,24H2/t19-/m0/s1. The minimum absolute atomic E-state index is 0.369. The summed E-state index contributed by atoms with van der Waals surface area (Å²) in [6, 6.07) is 11.0. The number of fused-ring (bicyclic) bond motifs is 1. The van der Waals surface area contributed by atoms with Gasteiger partial charge in [-0.3, -0.25) is 0 Å². The van der Waals surface area contributed by atoms with Gasteiger partial charge >= 0.3 is 0 Å². The molecule has 0 amide bonds. The van der Waals surface area contributed by atoms with Crippen LogP contribution in [0.2, 0.25) is 0 Å². The number of likely N-dealkylation sites (tertiary alicyclic amines) is 1. The van der Waals surface area contributed by atoms with Gasteiger partial charge in [0.2, 0.25) is 0 Å². The van der Waals surface area contributed by atoms with Gasteiger partial charge < -0.3 is 15.5 Å². The summed E-state index contributed by atoms with van der Waals surface area (Å²) in [6.07, 6.45) is 6.61. The largest absolute Gasteiger partial charge is 0.356 e. The molecule has 0 radical (unpaired) electrons. The molecule has 152 valence electrons. The van der Waals surface area contributed by atoms with E-state index in [9.17, 15) is 0 Å². The van der Waals surface area contributed by atoms with Crippen molar-refractivity contribution in [3.63, 3.8) is 0 Å². The van der Waals surface area contributed by atoms with E-state index in [1.807, 2.05) is 0 Å². The van der Waals surface area contributed by atoms with E-state index in [0.29, 0.717) is 6.04 Å². The molecule has 5 rings (SSSR count). The fraction of sp³-hybridized carbons (Fsp3) is 0.478. The number of aromatic nitrogens is 2. The summed E-state index contributed by atoms with van der Waals surface area (Å²) in [5.74, 6) is 1.87. The maximum absolute atomic E-state index is 6.17. The smallest absolute Gasteiger partial charge is 0.141 e. The Kier molecular flexibility index (Phi) is 5.48. The Hall–Kier alpha value is -2.02. The highest BCUT2D eigenvalue weighted by molar-refractivity contribution is 7.17. The number of hydrogen-bond donors (Lipinski definition) is 1. The minimum atomic E-state index is 0.369. The van der Waals surface area contributed by atoms with Crippen LogP contribution in [0, 0.1) is 5.92 Å². The van der Waals surface area contributed by atoms with Crippen molar-refractivity contribution < 1.29 is 0 Å². The Morgan fingerprint density at radius 1 is 1.03 bits per heavy atom. The Morgan fingerprint density at radius 3 is 2.66 bits per heavy atom. The molecule has 29 heavy (non-hydrogen) atoms. The van der Waals surface area contributed by atoms with E-state index in [2.05, 4.69) is 50.5 Å². The lowest BCUT2D eigenvalue weighted by Crippen LogP contribution is -2.46. The van der Waals surface area contributed by atoms with E-state index in [1.54, 1.807) is 17.7 Å². The van der Waals surface area contributed by atoms with Gasteiger partial charge in [0, 0.05) is 43.2 Å². The molecule has 0 saturated carbocycles. The number of piperidine rings is 2. The summed E-state index contributed by atoms with van der Waals surface area (Å²) in [5, 5.41) is 3.44. The van der Waals surface area contributed by atoms with Crippen molar-refractivity contribution in [3.8, 4) is 11.1 Å². The number of thiophene rings is 1. The number of nitrogens with zero attached hydrogens (tertiary/aromatic N) is 4. The second-order valence-corrected chi connectivity index (χ2v) is 9.34. The molecule has 1 atom stereocenters. The number of hydrogen-bond acceptors (Lipinski definition) is 6. The van der Waals surface area contributed by atoms with Crippen molar-refractivity contribution in [3.05, 3.63) is 42.0 Å². The molecule has 0 unspecified atom stereocenters. The van der Waals surface area contributed by atoms with Gasteiger partial charge in [0.25, 0.3) is 0 Å². The predicted molar refractivity (Wildman–Crippen MR) is 121 cm³/mol. The van der Waals surface area contributed by atoms with Crippen molar-refractivity contribution in [1.82, 2.24) is 14.9 Å². The highest BCUT2D eigenvalue weighted by Crippen LogP contribution is 2.38. The van der Waals surface area contributed by atoms with Crippen LogP contribution in [0.25, 0.3) is 21.3 Å². The molecule has 2 aliphatic rings. The first-order valence-corrected chi connectivity index (χ1v) is 11.7. The Morgan fingerprint density at radius 2 is 1.86 bits per heavy atom. The summed E-state index contributed by atoms with van der Waals surface area (Å²) >= 11 is 1.71. The number of rotatable bonds is 4. The summed E-state index contributed by atoms with van der Waals surface area (Å²) in [5.41, 5.74) is 8.67. The molecule has 2 saturated heterocycles. The van der Waals surface area contributed by atoms with Gasteiger partial charge in [0.05, 0.1) is 5.39 Å². The lowest BCUT2D eigenvalue weighted by molar-refractivity contribution is 0.168. The lowest BCUT2D eigenvalue weighted by Gasteiger charge is -2.38. The maximum atomic E-state index is 6.17. The number of nitrogens with two attached hydrogens (primary N) is 1. The quantitative estimate of drug-likeness (QED) is 0.708. The molecule has 2 N–H and O–H groups in total. The topological polar surface area (TPSA) is 58.3 Å². The predicted octanol–water partition coefficient (Wildman–Crippen LogP) is 4.00. The van der Waals surface area contributed by atoms with E-state index in [0.717, 1.165) is 36.2 Å². The van der Waals surface area contributed by atoms with Crippen LogP contribution in [-0.4, -0.2) is 53.6 Å². The van der Waals surface area contributed by atoms with Gasteiger partial charge in [-0.15, -0.1) is 11.3 Å². The second-order valence-electron chi connectivity index (χ2n) is 8.49. The average Bonchev–Trinajstić information content (AvgIpc) is 3.19. The minimum Gasteiger partial charge on any atom is -0.356 e. The molecule has 1 aromatic carbocycles. The molecule has 0 bridgehead atoms. The summed E-state index contributed by atoms with van der Waals surface area (Å²) < 4.78 is 0. The molecule has 4 heterocycles. The molecule has 0 spiro atoms. The van der Waals surface area contributed by atoms with Crippen LogP contribution in [0.4, 0.5) is 5.82 Å². The zero-order valence-corrected chi connectivity index (χ0v) is 17.7. The van der Waals surface area contributed by atoms with E-state index in [-0.39, 0.29) is 0 Å². The van der Waals surface area contributed by atoms with Crippen LogP contribution in [0.15, 0.2) is 42.0 Å². The molecule has 0 aliphatic carbocycles. The third-order valence-electron chi connectivity index (χ3n) is 6.41. The van der Waals surface area contributed by atoms with Crippen LogP contribution >= 0.6 is 11.3 Å². The van der Waals surface area contributed by atoms with Crippen molar-refractivity contribution in [1.29, 1.82) is 0 Å². The van der Waals surface area contributed by atoms with E-state index < -0.39 is 0 Å². The van der Waals surface area contributed by atoms with Gasteiger partial charge in [0.1, 0.15) is 17.0 Å². The Balaban J connectivity index is 1.33. The monoisotopic (exact) mass is 407 g/mol. The fourth-order valence-electron chi connectivity index (χ4n) is 4.88. The molecule has 2 aliphatic heterocycles. The zero-order chi connectivity index (χ0) is 19.6. The first-order valence-electron chi connectivity index (χ1n) is 10.8. The molecule has 5 nitrogen and oxygen atoms in total. The van der Waals surface area contributed by atoms with Crippen LogP contribution in [0.5, 0.6) is 0 Å². The van der Waals surface area contributed by atoms with Gasteiger partial charge in [-0.2, -0.15) is 0 Å². The summed E-state index contributed by atoms with van der Waals surface area (Å²) in [7, 11) is 0. The molecular weight excluding hydrogens is 378 g/mol. The van der Waals surface area contributed by atoms with Crippen molar-refractivity contribution >= 4 is 27.4 Å². The van der Waals surface area contributed by atoms with E-state index >= 15 is 0 Å². The van der Waals surface area contributed by atoms with E-state index in [4.69, 9.17) is 10.7 Å². The van der Waals surface area contributed by atoms with Crippen LogP contribution in [0.3, 0.4) is 0 Å². The third-order valence-corrected chi connectivity index (χ3v) is 7.29. The Bertz CT molecular complexity index is 948. The average molecular weight is 408 g/mol. The van der Waals surface area contributed by atoms with Crippen molar-refractivity contribution in [2.45, 2.75) is 31.7 Å². The first kappa shape index (κ1) is 19.0. The van der Waals surface area contributed by atoms with Gasteiger partial charge in [-0.1, -0.05) is 30.3 Å². The van der Waals surface area contributed by atoms with Crippen LogP contribution < -0.4 is 10.6 Å². The SMILES string of the molecule is N[C@H]1CCCN(CC2CCN(c3ncnc4scc(-c5ccccc5)c34)CC2)C1. The molecular formula is C23H29N5S. The van der Waals surface area contributed by atoms with Crippen molar-refractivity contribution in [2.75, 3.05) is 37.6 Å². The normalized spacial score (nSPS) is 21.7. The fourth-order valence-corrected chi connectivity index (χ4v) is 5.79. The number of benzene rings is 1.